The van der Waals surface area contributed by atoms with Gasteiger partial charge in [0.2, 0.25) is 0 Å². The van der Waals surface area contributed by atoms with Crippen LogP contribution in [0.4, 0.5) is 5.69 Å². The molecule has 1 unspecified atom stereocenters. The minimum absolute atomic E-state index is 0.0216. The standard InChI is InChI=1S/C16H23N3S/c1-12-5-4-6-13(9-12)19-14(17)18-10-16(19)11-20-8-7-15(16,2)3/h4-6,9H,7-8,10-11H2,1-3H3,(H2,17,18). The first kappa shape index (κ1) is 13.8. The van der Waals surface area contributed by atoms with Gasteiger partial charge in [-0.2, -0.15) is 11.8 Å². The van der Waals surface area contributed by atoms with Gasteiger partial charge < -0.3 is 10.6 Å². The van der Waals surface area contributed by atoms with Gasteiger partial charge in [0, 0.05) is 11.4 Å². The largest absolute Gasteiger partial charge is 0.369 e. The highest BCUT2D eigenvalue weighted by molar-refractivity contribution is 7.99. The van der Waals surface area contributed by atoms with Crippen LogP contribution in [0.3, 0.4) is 0 Å². The first-order valence-corrected chi connectivity index (χ1v) is 8.36. The lowest BCUT2D eigenvalue weighted by atomic mass is 9.70. The number of anilines is 1. The van der Waals surface area contributed by atoms with Gasteiger partial charge in [-0.05, 0) is 42.2 Å². The predicted molar refractivity (Wildman–Crippen MR) is 88.6 cm³/mol. The minimum atomic E-state index is 0.0216. The van der Waals surface area contributed by atoms with Crippen molar-refractivity contribution in [2.75, 3.05) is 23.0 Å². The number of nitrogens with zero attached hydrogens (tertiary/aromatic N) is 2. The number of aliphatic imine (C=N–C) groups is 1. The molecule has 2 aliphatic heterocycles. The van der Waals surface area contributed by atoms with Gasteiger partial charge >= 0.3 is 0 Å². The molecule has 1 saturated heterocycles. The lowest BCUT2D eigenvalue weighted by Gasteiger charge is -2.52. The molecule has 0 saturated carbocycles. The Kier molecular flexibility index (Phi) is 3.24. The topological polar surface area (TPSA) is 41.6 Å². The van der Waals surface area contributed by atoms with Crippen molar-refractivity contribution >= 4 is 23.4 Å². The normalized spacial score (nSPS) is 28.8. The highest BCUT2D eigenvalue weighted by Crippen LogP contribution is 2.49. The molecule has 2 heterocycles. The molecule has 3 nitrogen and oxygen atoms in total. The number of aryl methyl sites for hydroxylation is 1. The van der Waals surface area contributed by atoms with E-state index in [0.29, 0.717) is 5.96 Å². The quantitative estimate of drug-likeness (QED) is 0.864. The Morgan fingerprint density at radius 1 is 1.35 bits per heavy atom. The zero-order valence-corrected chi connectivity index (χ0v) is 13.3. The van der Waals surface area contributed by atoms with Crippen molar-refractivity contribution in [3.8, 4) is 0 Å². The summed E-state index contributed by atoms with van der Waals surface area (Å²) >= 11 is 2.03. The van der Waals surface area contributed by atoms with E-state index in [1.165, 1.54) is 23.4 Å². The maximum atomic E-state index is 6.25. The second-order valence-corrected chi connectivity index (χ2v) is 7.67. The van der Waals surface area contributed by atoms with E-state index < -0.39 is 0 Å². The minimum Gasteiger partial charge on any atom is -0.369 e. The van der Waals surface area contributed by atoms with Crippen LogP contribution in [0.15, 0.2) is 29.3 Å². The molecule has 1 spiro atoms. The molecule has 1 aromatic carbocycles. The first-order valence-electron chi connectivity index (χ1n) is 7.21. The van der Waals surface area contributed by atoms with E-state index in [-0.39, 0.29) is 11.0 Å². The Hall–Kier alpha value is -1.16. The molecule has 4 heteroatoms. The van der Waals surface area contributed by atoms with Crippen LogP contribution < -0.4 is 10.6 Å². The lowest BCUT2D eigenvalue weighted by molar-refractivity contribution is 0.192. The number of hydrogen-bond donors (Lipinski definition) is 1. The third-order valence-electron chi connectivity index (χ3n) is 4.89. The average Bonchev–Trinajstić information content (AvgIpc) is 2.72. The summed E-state index contributed by atoms with van der Waals surface area (Å²) in [5.41, 5.74) is 8.93. The van der Waals surface area contributed by atoms with Gasteiger partial charge in [0.25, 0.3) is 0 Å². The van der Waals surface area contributed by atoms with Gasteiger partial charge in [-0.1, -0.05) is 26.0 Å². The maximum absolute atomic E-state index is 6.25. The lowest BCUT2D eigenvalue weighted by Crippen LogP contribution is -2.63. The molecular weight excluding hydrogens is 266 g/mol. The molecule has 1 fully saturated rings. The summed E-state index contributed by atoms with van der Waals surface area (Å²) in [6.07, 6.45) is 1.21. The van der Waals surface area contributed by atoms with Crippen molar-refractivity contribution in [1.29, 1.82) is 0 Å². The molecule has 0 aromatic heterocycles. The van der Waals surface area contributed by atoms with Crippen LogP contribution in [0, 0.1) is 12.3 Å². The molecule has 2 N–H and O–H groups in total. The summed E-state index contributed by atoms with van der Waals surface area (Å²) in [5.74, 6) is 3.00. The summed E-state index contributed by atoms with van der Waals surface area (Å²) < 4.78 is 0. The Labute approximate surface area is 125 Å². The smallest absolute Gasteiger partial charge is 0.196 e. The Morgan fingerprint density at radius 3 is 2.85 bits per heavy atom. The Balaban J connectivity index is 2.08. The number of hydrogen-bond acceptors (Lipinski definition) is 4. The van der Waals surface area contributed by atoms with Crippen LogP contribution in [0.5, 0.6) is 0 Å². The molecule has 1 atom stereocenters. The molecule has 2 aliphatic rings. The van der Waals surface area contributed by atoms with E-state index in [9.17, 15) is 0 Å². The molecular formula is C16H23N3S. The van der Waals surface area contributed by atoms with Gasteiger partial charge in [-0.15, -0.1) is 0 Å². The van der Waals surface area contributed by atoms with Crippen LogP contribution in [0.1, 0.15) is 25.8 Å². The van der Waals surface area contributed by atoms with Gasteiger partial charge in [-0.25, -0.2) is 0 Å². The number of benzene rings is 1. The number of thioether (sulfide) groups is 1. The summed E-state index contributed by atoms with van der Waals surface area (Å²) in [4.78, 5) is 6.90. The fourth-order valence-electron chi connectivity index (χ4n) is 3.34. The summed E-state index contributed by atoms with van der Waals surface area (Å²) in [6.45, 7) is 7.67. The number of nitrogens with two attached hydrogens (primary N) is 1. The van der Waals surface area contributed by atoms with Crippen molar-refractivity contribution in [2.45, 2.75) is 32.7 Å². The molecule has 20 heavy (non-hydrogen) atoms. The third kappa shape index (κ3) is 1.93. The summed E-state index contributed by atoms with van der Waals surface area (Å²) in [5, 5.41) is 0. The van der Waals surface area contributed by atoms with E-state index >= 15 is 0 Å². The predicted octanol–water partition coefficient (Wildman–Crippen LogP) is 3.03. The molecule has 108 valence electrons. The van der Waals surface area contributed by atoms with Crippen molar-refractivity contribution in [3.63, 3.8) is 0 Å². The first-order chi connectivity index (χ1) is 9.46. The third-order valence-corrected chi connectivity index (χ3v) is 6.07. The second kappa shape index (κ2) is 4.69. The van der Waals surface area contributed by atoms with Gasteiger partial charge in [0.05, 0.1) is 12.1 Å². The zero-order chi connectivity index (χ0) is 14.4. The van der Waals surface area contributed by atoms with Crippen LogP contribution in [0.2, 0.25) is 0 Å². The molecule has 0 radical (unpaired) electrons. The van der Waals surface area contributed by atoms with Gasteiger partial charge in [0.15, 0.2) is 5.96 Å². The highest BCUT2D eigenvalue weighted by Gasteiger charge is 2.54. The van der Waals surface area contributed by atoms with Crippen molar-refractivity contribution in [2.24, 2.45) is 16.1 Å². The maximum Gasteiger partial charge on any atom is 0.196 e. The molecule has 1 aromatic rings. The van der Waals surface area contributed by atoms with Gasteiger partial charge in [0.1, 0.15) is 0 Å². The van der Waals surface area contributed by atoms with Crippen molar-refractivity contribution in [3.05, 3.63) is 29.8 Å². The van der Waals surface area contributed by atoms with E-state index in [0.717, 1.165) is 12.3 Å². The van der Waals surface area contributed by atoms with Crippen molar-refractivity contribution in [1.82, 2.24) is 0 Å². The molecule has 0 aliphatic carbocycles. The monoisotopic (exact) mass is 289 g/mol. The highest BCUT2D eigenvalue weighted by atomic mass is 32.2. The van der Waals surface area contributed by atoms with E-state index in [1.807, 2.05) is 11.8 Å². The average molecular weight is 289 g/mol. The second-order valence-electron chi connectivity index (χ2n) is 6.57. The van der Waals surface area contributed by atoms with Crippen LogP contribution in [0.25, 0.3) is 0 Å². The zero-order valence-electron chi connectivity index (χ0n) is 12.5. The Morgan fingerprint density at radius 2 is 2.15 bits per heavy atom. The van der Waals surface area contributed by atoms with E-state index in [2.05, 4.69) is 54.9 Å². The number of guanidine groups is 1. The summed E-state index contributed by atoms with van der Waals surface area (Å²) in [7, 11) is 0. The van der Waals surface area contributed by atoms with E-state index in [4.69, 9.17) is 5.73 Å². The molecule has 3 rings (SSSR count). The summed E-state index contributed by atoms with van der Waals surface area (Å²) in [6, 6.07) is 8.59. The fraction of sp³-hybridized carbons (Fsp3) is 0.562. The molecule has 0 bridgehead atoms. The van der Waals surface area contributed by atoms with Crippen LogP contribution in [-0.2, 0) is 0 Å². The van der Waals surface area contributed by atoms with Crippen LogP contribution in [-0.4, -0.2) is 29.5 Å². The van der Waals surface area contributed by atoms with E-state index in [1.54, 1.807) is 0 Å². The van der Waals surface area contributed by atoms with Crippen LogP contribution >= 0.6 is 11.8 Å². The molecule has 0 amide bonds. The fourth-order valence-corrected chi connectivity index (χ4v) is 5.09. The number of rotatable bonds is 1. The van der Waals surface area contributed by atoms with Crippen molar-refractivity contribution < 1.29 is 0 Å². The van der Waals surface area contributed by atoms with Gasteiger partial charge in [-0.3, -0.25) is 4.99 Å². The SMILES string of the molecule is Cc1cccc(N2C(N)=NCC23CSCCC3(C)C)c1. The Bertz CT molecular complexity index is 552.